The Bertz CT molecular complexity index is 325. The van der Waals surface area contributed by atoms with Gasteiger partial charge in [-0.3, -0.25) is 4.79 Å². The Morgan fingerprint density at radius 2 is 2.21 bits per heavy atom. The van der Waals surface area contributed by atoms with E-state index >= 15 is 0 Å². The summed E-state index contributed by atoms with van der Waals surface area (Å²) in [5.74, 6) is -0.924. The van der Waals surface area contributed by atoms with E-state index in [-0.39, 0.29) is 13.0 Å². The third kappa shape index (κ3) is 2.83. The summed E-state index contributed by atoms with van der Waals surface area (Å²) < 4.78 is 0. The summed E-state index contributed by atoms with van der Waals surface area (Å²) in [6.45, 7) is -0.0619. The standard InChI is InChI=1S/C10H13NO3/c11-9(5-10(13)14)8-3-1-2-7(4-8)6-12/h1-4,9,12H,5-6,11H2,(H,13,14). The molecule has 0 spiro atoms. The molecule has 1 aromatic rings. The molecule has 76 valence electrons. The Kier molecular flexibility index (Phi) is 3.62. The molecule has 0 amide bonds. The van der Waals surface area contributed by atoms with E-state index in [2.05, 4.69) is 0 Å². The second-order valence-corrected chi connectivity index (χ2v) is 3.11. The lowest BCUT2D eigenvalue weighted by Gasteiger charge is -2.09. The average Bonchev–Trinajstić information content (AvgIpc) is 2.17. The van der Waals surface area contributed by atoms with Crippen LogP contribution in [0.4, 0.5) is 0 Å². The SMILES string of the molecule is NC(CC(=O)O)c1cccc(CO)c1. The molecule has 1 aromatic carbocycles. The van der Waals surface area contributed by atoms with Crippen LogP contribution in [0, 0.1) is 0 Å². The lowest BCUT2D eigenvalue weighted by Crippen LogP contribution is -2.15. The molecule has 1 rings (SSSR count). The number of hydrogen-bond donors (Lipinski definition) is 3. The van der Waals surface area contributed by atoms with Gasteiger partial charge in [0.2, 0.25) is 0 Å². The minimum Gasteiger partial charge on any atom is -0.481 e. The molecule has 0 saturated heterocycles. The summed E-state index contributed by atoms with van der Waals surface area (Å²) >= 11 is 0. The molecule has 0 aliphatic rings. The Morgan fingerprint density at radius 3 is 2.79 bits per heavy atom. The fourth-order valence-electron chi connectivity index (χ4n) is 1.23. The predicted molar refractivity (Wildman–Crippen MR) is 51.5 cm³/mol. The summed E-state index contributed by atoms with van der Waals surface area (Å²) in [5.41, 5.74) is 7.13. The predicted octanol–water partition coefficient (Wildman–Crippen LogP) is 0.653. The highest BCUT2D eigenvalue weighted by Crippen LogP contribution is 2.15. The zero-order valence-corrected chi connectivity index (χ0v) is 7.68. The van der Waals surface area contributed by atoms with Crippen LogP contribution in [-0.4, -0.2) is 16.2 Å². The monoisotopic (exact) mass is 195 g/mol. The van der Waals surface area contributed by atoms with Crippen LogP contribution in [0.5, 0.6) is 0 Å². The van der Waals surface area contributed by atoms with E-state index in [0.29, 0.717) is 0 Å². The first-order chi connectivity index (χ1) is 6.63. The van der Waals surface area contributed by atoms with Crippen LogP contribution in [0.3, 0.4) is 0 Å². The maximum absolute atomic E-state index is 10.4. The van der Waals surface area contributed by atoms with Crippen LogP contribution >= 0.6 is 0 Å². The molecule has 0 saturated carbocycles. The number of rotatable bonds is 4. The van der Waals surface area contributed by atoms with Crippen LogP contribution in [0.25, 0.3) is 0 Å². The lowest BCUT2D eigenvalue weighted by atomic mass is 10.0. The van der Waals surface area contributed by atoms with E-state index in [1.165, 1.54) is 0 Å². The average molecular weight is 195 g/mol. The number of aliphatic hydroxyl groups is 1. The molecule has 4 N–H and O–H groups in total. The highest BCUT2D eigenvalue weighted by molar-refractivity contribution is 5.67. The number of carboxylic acids is 1. The molecule has 0 aromatic heterocycles. The van der Waals surface area contributed by atoms with Gasteiger partial charge in [-0.15, -0.1) is 0 Å². The van der Waals surface area contributed by atoms with Crippen LogP contribution < -0.4 is 5.73 Å². The van der Waals surface area contributed by atoms with Gasteiger partial charge >= 0.3 is 5.97 Å². The summed E-state index contributed by atoms with van der Waals surface area (Å²) in [6.07, 6.45) is -0.102. The van der Waals surface area contributed by atoms with Crippen LogP contribution in [0.15, 0.2) is 24.3 Å². The summed E-state index contributed by atoms with van der Waals surface area (Å²) in [6, 6.07) is 6.47. The van der Waals surface area contributed by atoms with Gasteiger partial charge in [-0.25, -0.2) is 0 Å². The smallest absolute Gasteiger partial charge is 0.305 e. The zero-order chi connectivity index (χ0) is 10.6. The Balaban J connectivity index is 2.78. The van der Waals surface area contributed by atoms with E-state index in [1.807, 2.05) is 0 Å². The van der Waals surface area contributed by atoms with E-state index < -0.39 is 12.0 Å². The quantitative estimate of drug-likeness (QED) is 0.658. The van der Waals surface area contributed by atoms with Crippen molar-refractivity contribution in [3.05, 3.63) is 35.4 Å². The minimum absolute atomic E-state index is 0.0619. The van der Waals surface area contributed by atoms with Crippen molar-refractivity contribution in [3.8, 4) is 0 Å². The molecule has 4 nitrogen and oxygen atoms in total. The molecule has 0 fully saturated rings. The third-order valence-electron chi connectivity index (χ3n) is 1.96. The van der Waals surface area contributed by atoms with E-state index in [1.54, 1.807) is 24.3 Å². The first-order valence-electron chi connectivity index (χ1n) is 4.30. The van der Waals surface area contributed by atoms with Crippen LogP contribution in [0.1, 0.15) is 23.6 Å². The van der Waals surface area contributed by atoms with Gasteiger partial charge < -0.3 is 15.9 Å². The van der Waals surface area contributed by atoms with Crippen molar-refractivity contribution in [2.45, 2.75) is 19.1 Å². The first kappa shape index (κ1) is 10.7. The highest BCUT2D eigenvalue weighted by Gasteiger charge is 2.10. The van der Waals surface area contributed by atoms with E-state index in [4.69, 9.17) is 15.9 Å². The Labute approximate surface area is 82.0 Å². The summed E-state index contributed by atoms with van der Waals surface area (Å²) in [4.78, 5) is 10.4. The van der Waals surface area contributed by atoms with E-state index in [9.17, 15) is 4.79 Å². The number of carbonyl (C=O) groups is 1. The highest BCUT2D eigenvalue weighted by atomic mass is 16.4. The van der Waals surface area contributed by atoms with Gasteiger partial charge in [0.05, 0.1) is 13.0 Å². The molecule has 1 unspecified atom stereocenters. The van der Waals surface area contributed by atoms with Gasteiger partial charge in [0, 0.05) is 6.04 Å². The molecule has 14 heavy (non-hydrogen) atoms. The van der Waals surface area contributed by atoms with Gasteiger partial charge in [-0.2, -0.15) is 0 Å². The Morgan fingerprint density at radius 1 is 1.50 bits per heavy atom. The summed E-state index contributed by atoms with van der Waals surface area (Å²) in [5, 5.41) is 17.4. The molecule has 1 atom stereocenters. The normalized spacial score (nSPS) is 12.4. The van der Waals surface area contributed by atoms with Gasteiger partial charge in [-0.1, -0.05) is 24.3 Å². The third-order valence-corrected chi connectivity index (χ3v) is 1.96. The number of aliphatic hydroxyl groups excluding tert-OH is 1. The van der Waals surface area contributed by atoms with Crippen molar-refractivity contribution in [3.63, 3.8) is 0 Å². The van der Waals surface area contributed by atoms with Crippen molar-refractivity contribution in [1.82, 2.24) is 0 Å². The summed E-state index contributed by atoms with van der Waals surface area (Å²) in [7, 11) is 0. The topological polar surface area (TPSA) is 83.6 Å². The maximum Gasteiger partial charge on any atom is 0.305 e. The number of aliphatic carboxylic acids is 1. The van der Waals surface area contributed by atoms with E-state index in [0.717, 1.165) is 11.1 Å². The number of hydrogen-bond acceptors (Lipinski definition) is 3. The van der Waals surface area contributed by atoms with Crippen molar-refractivity contribution in [1.29, 1.82) is 0 Å². The fraction of sp³-hybridized carbons (Fsp3) is 0.300. The fourth-order valence-corrected chi connectivity index (χ4v) is 1.23. The molecule has 0 aliphatic heterocycles. The molecular formula is C10H13NO3. The molecule has 0 aliphatic carbocycles. The molecular weight excluding hydrogens is 182 g/mol. The second kappa shape index (κ2) is 4.74. The van der Waals surface area contributed by atoms with Gasteiger partial charge in [0.1, 0.15) is 0 Å². The number of benzene rings is 1. The molecule has 0 bridgehead atoms. The molecule has 0 radical (unpaired) electrons. The lowest BCUT2D eigenvalue weighted by molar-refractivity contribution is -0.137. The maximum atomic E-state index is 10.4. The second-order valence-electron chi connectivity index (χ2n) is 3.11. The van der Waals surface area contributed by atoms with Crippen molar-refractivity contribution in [2.24, 2.45) is 5.73 Å². The number of nitrogens with two attached hydrogens (primary N) is 1. The first-order valence-corrected chi connectivity index (χ1v) is 4.30. The van der Waals surface area contributed by atoms with Crippen LogP contribution in [-0.2, 0) is 11.4 Å². The van der Waals surface area contributed by atoms with Crippen molar-refractivity contribution in [2.75, 3.05) is 0 Å². The van der Waals surface area contributed by atoms with Crippen molar-refractivity contribution >= 4 is 5.97 Å². The zero-order valence-electron chi connectivity index (χ0n) is 7.68. The minimum atomic E-state index is -0.924. The van der Waals surface area contributed by atoms with Gasteiger partial charge in [0.25, 0.3) is 0 Å². The largest absolute Gasteiger partial charge is 0.481 e. The molecule has 4 heteroatoms. The van der Waals surface area contributed by atoms with Crippen molar-refractivity contribution < 1.29 is 15.0 Å². The number of carboxylic acid groups (broad SMARTS) is 1. The molecule has 0 heterocycles. The Hall–Kier alpha value is -1.39. The van der Waals surface area contributed by atoms with Gasteiger partial charge in [-0.05, 0) is 11.1 Å². The van der Waals surface area contributed by atoms with Gasteiger partial charge in [0.15, 0.2) is 0 Å². The van der Waals surface area contributed by atoms with Crippen LogP contribution in [0.2, 0.25) is 0 Å².